The van der Waals surface area contributed by atoms with Gasteiger partial charge in [0.1, 0.15) is 0 Å². The van der Waals surface area contributed by atoms with Gasteiger partial charge >= 0.3 is 282 Å². The topological polar surface area (TPSA) is 75.6 Å². The van der Waals surface area contributed by atoms with E-state index in [1.165, 1.54) is 15.9 Å². The quantitative estimate of drug-likeness (QED) is 0.0920. The van der Waals surface area contributed by atoms with Gasteiger partial charge in [-0.05, 0) is 30.4 Å². The first-order valence-corrected chi connectivity index (χ1v) is 25.5. The molecule has 3 aliphatic heterocycles. The molecule has 0 unspecified atom stereocenters. The summed E-state index contributed by atoms with van der Waals surface area (Å²) in [6.45, 7) is 14.2. The zero-order valence-corrected chi connectivity index (χ0v) is 41.7. The van der Waals surface area contributed by atoms with Gasteiger partial charge in [0.2, 0.25) is 0 Å². The Morgan fingerprint density at radius 3 is 1.62 bits per heavy atom. The van der Waals surface area contributed by atoms with Crippen molar-refractivity contribution in [1.82, 2.24) is 19.8 Å². The maximum atomic E-state index is 14.7. The van der Waals surface area contributed by atoms with Gasteiger partial charge in [-0.25, -0.2) is 0 Å². The number of aromatic nitrogens is 2. The molecule has 0 radical (unpaired) electrons. The van der Waals surface area contributed by atoms with Gasteiger partial charge in [0.15, 0.2) is 0 Å². The molecule has 8 rings (SSSR count). The average molecular weight is 1060 g/mol. The minimum atomic E-state index is -2.58. The number of nitrogens with zero attached hydrogens (tertiary/aromatic N) is 4. The molecule has 0 saturated carbocycles. The number of amides is 2. The predicted octanol–water partition coefficient (Wildman–Crippen LogP) is 9.64. The Hall–Kier alpha value is -6.29. The molecule has 0 bridgehead atoms. The molecule has 5 aromatic rings. The first kappa shape index (κ1) is 46.2. The minimum absolute atomic E-state index is 0.130. The van der Waals surface area contributed by atoms with Crippen molar-refractivity contribution >= 4 is 52.5 Å². The summed E-state index contributed by atoms with van der Waals surface area (Å²) in [6, 6.07) is 39.9. The molecule has 9 heteroatoms. The number of ether oxygens (including phenoxy) is 1. The number of hydrogen-bond donors (Lipinski definition) is 0. The third-order valence-electron chi connectivity index (χ3n) is 11.7. The van der Waals surface area contributed by atoms with E-state index in [1.54, 1.807) is 40.1 Å². The molecule has 0 atom stereocenters. The monoisotopic (exact) mass is 1060 g/mol. The van der Waals surface area contributed by atoms with Crippen LogP contribution < -0.4 is 15.9 Å². The zero-order valence-electron chi connectivity index (χ0n) is 38.2. The van der Waals surface area contributed by atoms with E-state index in [-0.39, 0.29) is 23.7 Å². The molecule has 66 heavy (non-hydrogen) atoms. The van der Waals surface area contributed by atoms with Crippen LogP contribution in [0.25, 0.3) is 17.5 Å². The van der Waals surface area contributed by atoms with Crippen molar-refractivity contribution in [3.63, 3.8) is 0 Å². The van der Waals surface area contributed by atoms with E-state index >= 15 is 0 Å². The number of fused-ring (bicyclic) bond motifs is 1. The van der Waals surface area contributed by atoms with Gasteiger partial charge in [-0.3, -0.25) is 14.6 Å². The van der Waals surface area contributed by atoms with E-state index in [1.807, 2.05) is 50.3 Å². The van der Waals surface area contributed by atoms with Crippen molar-refractivity contribution in [2.45, 2.75) is 41.5 Å². The van der Waals surface area contributed by atoms with Crippen molar-refractivity contribution in [3.8, 4) is 16.2 Å². The zero-order chi connectivity index (χ0) is 46.4. The van der Waals surface area contributed by atoms with Crippen LogP contribution in [0.4, 0.5) is 0 Å². The summed E-state index contributed by atoms with van der Waals surface area (Å²) >= 11 is 1.73. The molecule has 0 aliphatic carbocycles. The Balaban J connectivity index is 1.31. The van der Waals surface area contributed by atoms with Gasteiger partial charge in [-0.1, -0.05) is 45.9 Å². The SMILES string of the molecule is CC=C1COCC1=CC(C#Cc1ccc(C2=C3C(=O)N(CC(C)C)C(c4ccc(/C=C/C)cn4)=C3C(=O)N2CC(C)C)nc1)=C([C]#[Os])[P+](c1ccccc1)(c1ccccc1)c1ccccc1. The second kappa shape index (κ2) is 20.5. The van der Waals surface area contributed by atoms with Crippen LogP contribution in [0.3, 0.4) is 0 Å². The number of allylic oxidation sites excluding steroid dienone is 5. The fourth-order valence-corrected chi connectivity index (χ4v) is 14.6. The molecule has 7 nitrogen and oxygen atoms in total. The number of carbonyl (C=O) groups excluding carboxylic acids is 2. The Morgan fingerprint density at radius 2 is 1.20 bits per heavy atom. The summed E-state index contributed by atoms with van der Waals surface area (Å²) in [4.78, 5) is 42.6. The Morgan fingerprint density at radius 1 is 0.697 bits per heavy atom. The number of rotatable bonds is 12. The summed E-state index contributed by atoms with van der Waals surface area (Å²) in [6.07, 6.45) is 11.8. The van der Waals surface area contributed by atoms with Gasteiger partial charge in [0, 0.05) is 12.7 Å². The van der Waals surface area contributed by atoms with Crippen LogP contribution in [0, 0.1) is 28.0 Å². The Bertz CT molecular complexity index is 2850. The molecule has 3 aromatic carbocycles. The molecule has 2 amide bonds. The average Bonchev–Trinajstić information content (AvgIpc) is 3.99. The van der Waals surface area contributed by atoms with Gasteiger partial charge < -0.3 is 4.90 Å². The summed E-state index contributed by atoms with van der Waals surface area (Å²) < 4.78 is 9.75. The van der Waals surface area contributed by atoms with E-state index in [0.29, 0.717) is 65.8 Å². The van der Waals surface area contributed by atoms with Crippen LogP contribution in [0.15, 0.2) is 179 Å². The summed E-state index contributed by atoms with van der Waals surface area (Å²) in [7, 11) is -2.58. The predicted molar refractivity (Wildman–Crippen MR) is 266 cm³/mol. The summed E-state index contributed by atoms with van der Waals surface area (Å²) in [5.41, 5.74) is 7.66. The first-order chi connectivity index (χ1) is 32.1. The van der Waals surface area contributed by atoms with Crippen LogP contribution >= 0.6 is 7.26 Å². The molecule has 2 aromatic heterocycles. The molecular formula is C57H53N4O3OsP+. The molecule has 1 saturated heterocycles. The fourth-order valence-electron chi connectivity index (χ4n) is 8.87. The normalized spacial score (nSPS) is 16.8. The number of carbonyl (C=O) groups is 2. The van der Waals surface area contributed by atoms with Gasteiger partial charge in [-0.15, -0.1) is 0 Å². The van der Waals surface area contributed by atoms with E-state index in [0.717, 1.165) is 27.6 Å². The van der Waals surface area contributed by atoms with Crippen molar-refractivity contribution in [3.05, 3.63) is 202 Å². The maximum absolute atomic E-state index is 14.7. The molecular weight excluding hydrogens is 1010 g/mol. The second-order valence-corrected chi connectivity index (χ2v) is 21.2. The molecule has 1 fully saturated rings. The molecule has 331 valence electrons. The van der Waals surface area contributed by atoms with E-state index in [9.17, 15) is 9.59 Å². The van der Waals surface area contributed by atoms with Crippen molar-refractivity contribution in [2.24, 2.45) is 11.8 Å². The number of pyridine rings is 2. The second-order valence-electron chi connectivity index (χ2n) is 17.2. The van der Waals surface area contributed by atoms with Crippen LogP contribution in [-0.2, 0) is 32.3 Å². The fraction of sp³-hybridized carbons (Fsp3) is 0.211. The standard InChI is InChI=1S/C57H53N4O3P.Os/c1-8-19-42-27-30-50(58-33-42)54-52-53(57(63)60(54)35-39(3)4)55(61(56(52)62)36-40(5)6)51-31-28-43(34-59-51)26-29-45(32-46-38-64-37-44(46)9-2)41(7)65(47-20-13-10-14-21-47,48-22-15-11-16-23-48)49-24-17-12-18-25-49;/h8-25,27-28,30-34,39-40H,35-38H2,1-6H3;/q+1;/b19-8+,44-9?,45-41?,46-32?;. The Kier molecular flexibility index (Phi) is 14.3. The van der Waals surface area contributed by atoms with Gasteiger partial charge in [0.25, 0.3) is 0 Å². The molecule has 0 N–H and O–H groups in total. The van der Waals surface area contributed by atoms with E-state index in [2.05, 4.69) is 147 Å². The van der Waals surface area contributed by atoms with Crippen LogP contribution in [-0.4, -0.2) is 57.9 Å². The van der Waals surface area contributed by atoms with E-state index in [4.69, 9.17) is 14.7 Å². The van der Waals surface area contributed by atoms with Crippen molar-refractivity contribution in [1.29, 1.82) is 0 Å². The van der Waals surface area contributed by atoms with Gasteiger partial charge in [-0.2, -0.15) is 0 Å². The van der Waals surface area contributed by atoms with Crippen molar-refractivity contribution in [2.75, 3.05) is 26.3 Å². The molecule has 0 spiro atoms. The molecule has 5 heterocycles. The summed E-state index contributed by atoms with van der Waals surface area (Å²) in [5, 5.41) is 4.63. The van der Waals surface area contributed by atoms with Crippen molar-refractivity contribution < 1.29 is 32.3 Å². The van der Waals surface area contributed by atoms with Crippen LogP contribution in [0.1, 0.15) is 64.1 Å². The first-order valence-electron chi connectivity index (χ1n) is 22.4. The van der Waals surface area contributed by atoms with E-state index < -0.39 is 7.26 Å². The van der Waals surface area contributed by atoms with Gasteiger partial charge in [0.05, 0.1) is 11.4 Å². The number of benzene rings is 3. The molecule has 3 aliphatic rings. The number of hydrogen-bond acceptors (Lipinski definition) is 5. The third-order valence-corrected chi connectivity index (χ3v) is 17.1. The Labute approximate surface area is 399 Å². The summed E-state index contributed by atoms with van der Waals surface area (Å²) in [5.74, 6) is 7.01. The van der Waals surface area contributed by atoms with Crippen LogP contribution in [0.2, 0.25) is 0 Å². The van der Waals surface area contributed by atoms with Crippen LogP contribution in [0.5, 0.6) is 0 Å². The third kappa shape index (κ3) is 8.99.